The lowest BCUT2D eigenvalue weighted by Gasteiger charge is -2.38. The SMILES string of the molecule is Cc1ccc(OCC(=O)N2CCC3(CC2)COC(CN(C)C2CCC(O)CC2)C3)cc1. The third-order valence-electron chi connectivity index (χ3n) is 7.63. The number of piperidine rings is 1. The average molecular weight is 431 g/mol. The van der Waals surface area contributed by atoms with Gasteiger partial charge in [-0.05, 0) is 76.5 Å². The molecule has 31 heavy (non-hydrogen) atoms. The van der Waals surface area contributed by atoms with Crippen molar-refractivity contribution in [3.63, 3.8) is 0 Å². The second-order valence-electron chi connectivity index (χ2n) is 10.0. The molecule has 3 aliphatic rings. The number of carbonyl (C=O) groups is 1. The van der Waals surface area contributed by atoms with E-state index in [1.54, 1.807) is 0 Å². The minimum atomic E-state index is -0.106. The highest BCUT2D eigenvalue weighted by Crippen LogP contribution is 2.42. The molecule has 172 valence electrons. The van der Waals surface area contributed by atoms with Gasteiger partial charge in [0, 0.05) is 25.7 Å². The van der Waals surface area contributed by atoms with E-state index in [1.807, 2.05) is 36.1 Å². The van der Waals surface area contributed by atoms with Gasteiger partial charge in [-0.3, -0.25) is 4.79 Å². The highest BCUT2D eigenvalue weighted by atomic mass is 16.5. The summed E-state index contributed by atoms with van der Waals surface area (Å²) in [7, 11) is 2.20. The smallest absolute Gasteiger partial charge is 0.260 e. The van der Waals surface area contributed by atoms with Gasteiger partial charge in [0.15, 0.2) is 6.61 Å². The summed E-state index contributed by atoms with van der Waals surface area (Å²) in [5.41, 5.74) is 1.41. The molecule has 0 bridgehead atoms. The zero-order chi connectivity index (χ0) is 21.8. The number of rotatable bonds is 6. The molecular formula is C25H38N2O4. The molecule has 1 atom stereocenters. The number of likely N-dealkylation sites (N-methyl/N-ethyl adjacent to an activating group) is 1. The van der Waals surface area contributed by atoms with E-state index in [4.69, 9.17) is 9.47 Å². The van der Waals surface area contributed by atoms with E-state index in [0.717, 1.165) is 76.9 Å². The number of benzene rings is 1. The van der Waals surface area contributed by atoms with Crippen molar-refractivity contribution in [2.45, 2.75) is 70.1 Å². The quantitative estimate of drug-likeness (QED) is 0.752. The molecule has 3 fully saturated rings. The van der Waals surface area contributed by atoms with Gasteiger partial charge >= 0.3 is 0 Å². The maximum Gasteiger partial charge on any atom is 0.260 e. The van der Waals surface area contributed by atoms with Gasteiger partial charge in [-0.1, -0.05) is 17.7 Å². The second kappa shape index (κ2) is 9.88. The third kappa shape index (κ3) is 5.79. The Kier molecular flexibility index (Phi) is 7.19. The monoisotopic (exact) mass is 430 g/mol. The Morgan fingerprint density at radius 1 is 1.19 bits per heavy atom. The zero-order valence-corrected chi connectivity index (χ0v) is 19.1. The number of amides is 1. The van der Waals surface area contributed by atoms with Crippen LogP contribution < -0.4 is 4.74 Å². The predicted molar refractivity (Wildman–Crippen MR) is 120 cm³/mol. The molecule has 0 aromatic heterocycles. The van der Waals surface area contributed by atoms with Crippen molar-refractivity contribution in [3.05, 3.63) is 29.8 Å². The zero-order valence-electron chi connectivity index (χ0n) is 19.1. The van der Waals surface area contributed by atoms with Gasteiger partial charge in [0.25, 0.3) is 5.91 Å². The number of aliphatic hydroxyl groups excluding tert-OH is 1. The van der Waals surface area contributed by atoms with Crippen LogP contribution in [-0.2, 0) is 9.53 Å². The Morgan fingerprint density at radius 2 is 1.87 bits per heavy atom. The summed E-state index contributed by atoms with van der Waals surface area (Å²) in [6.07, 6.45) is 7.29. The van der Waals surface area contributed by atoms with Crippen molar-refractivity contribution in [2.75, 3.05) is 39.9 Å². The fourth-order valence-corrected chi connectivity index (χ4v) is 5.43. The summed E-state index contributed by atoms with van der Waals surface area (Å²) in [6, 6.07) is 8.38. The summed E-state index contributed by atoms with van der Waals surface area (Å²) in [4.78, 5) is 17.0. The van der Waals surface area contributed by atoms with Gasteiger partial charge in [0.1, 0.15) is 5.75 Å². The second-order valence-corrected chi connectivity index (χ2v) is 10.0. The van der Waals surface area contributed by atoms with Crippen LogP contribution in [0.1, 0.15) is 50.5 Å². The number of aryl methyl sites for hydroxylation is 1. The molecule has 2 saturated heterocycles. The van der Waals surface area contributed by atoms with Crippen molar-refractivity contribution >= 4 is 5.91 Å². The number of hydrogen-bond acceptors (Lipinski definition) is 5. The van der Waals surface area contributed by atoms with Gasteiger partial charge in [-0.15, -0.1) is 0 Å². The van der Waals surface area contributed by atoms with Crippen LogP contribution in [0.2, 0.25) is 0 Å². The van der Waals surface area contributed by atoms with Crippen molar-refractivity contribution < 1.29 is 19.4 Å². The molecule has 1 amide bonds. The van der Waals surface area contributed by atoms with Gasteiger partial charge in [-0.25, -0.2) is 0 Å². The third-order valence-corrected chi connectivity index (χ3v) is 7.63. The number of carbonyl (C=O) groups excluding carboxylic acids is 1. The van der Waals surface area contributed by atoms with E-state index < -0.39 is 0 Å². The van der Waals surface area contributed by atoms with Crippen LogP contribution in [0.5, 0.6) is 5.75 Å². The van der Waals surface area contributed by atoms with Crippen LogP contribution in [0.4, 0.5) is 0 Å². The molecular weight excluding hydrogens is 392 g/mol. The minimum Gasteiger partial charge on any atom is -0.484 e. The Balaban J connectivity index is 1.19. The predicted octanol–water partition coefficient (Wildman–Crippen LogP) is 3.01. The first-order chi connectivity index (χ1) is 14.9. The maximum atomic E-state index is 12.6. The molecule has 0 radical (unpaired) electrons. The summed E-state index contributed by atoms with van der Waals surface area (Å²) >= 11 is 0. The van der Waals surface area contributed by atoms with Crippen molar-refractivity contribution in [1.29, 1.82) is 0 Å². The minimum absolute atomic E-state index is 0.0742. The van der Waals surface area contributed by atoms with E-state index in [1.165, 1.54) is 5.56 Å². The highest BCUT2D eigenvalue weighted by Gasteiger charge is 2.43. The molecule has 1 aromatic rings. The Hall–Kier alpha value is -1.63. The summed E-state index contributed by atoms with van der Waals surface area (Å²) in [6.45, 7) is 5.52. The molecule has 1 saturated carbocycles. The molecule has 4 rings (SSSR count). The lowest BCUT2D eigenvalue weighted by atomic mass is 9.76. The van der Waals surface area contributed by atoms with Gasteiger partial charge < -0.3 is 24.4 Å². The number of likely N-dealkylation sites (tertiary alicyclic amines) is 1. The van der Waals surface area contributed by atoms with Crippen LogP contribution in [0, 0.1) is 12.3 Å². The normalized spacial score (nSPS) is 28.3. The molecule has 1 N–H and O–H groups in total. The number of hydrogen-bond donors (Lipinski definition) is 1. The first-order valence-corrected chi connectivity index (χ1v) is 11.9. The molecule has 1 aromatic carbocycles. The summed E-state index contributed by atoms with van der Waals surface area (Å²) in [5.74, 6) is 0.821. The molecule has 1 spiro atoms. The van der Waals surface area contributed by atoms with Crippen molar-refractivity contribution in [3.8, 4) is 5.75 Å². The van der Waals surface area contributed by atoms with E-state index in [-0.39, 0.29) is 30.1 Å². The molecule has 6 heteroatoms. The Labute approximate surface area is 186 Å². The summed E-state index contributed by atoms with van der Waals surface area (Å²) < 4.78 is 11.9. The first kappa shape index (κ1) is 22.6. The molecule has 1 aliphatic carbocycles. The molecule has 2 aliphatic heterocycles. The Bertz CT molecular complexity index is 722. The molecule has 6 nitrogen and oxygen atoms in total. The first-order valence-electron chi connectivity index (χ1n) is 11.9. The van der Waals surface area contributed by atoms with E-state index >= 15 is 0 Å². The molecule has 2 heterocycles. The van der Waals surface area contributed by atoms with Crippen LogP contribution in [-0.4, -0.2) is 79.0 Å². The fraction of sp³-hybridized carbons (Fsp3) is 0.720. The van der Waals surface area contributed by atoms with Crippen LogP contribution in [0.3, 0.4) is 0 Å². The van der Waals surface area contributed by atoms with E-state index in [2.05, 4.69) is 11.9 Å². The number of nitrogens with zero attached hydrogens (tertiary/aromatic N) is 2. The topological polar surface area (TPSA) is 62.2 Å². The van der Waals surface area contributed by atoms with Gasteiger partial charge in [-0.2, -0.15) is 0 Å². The van der Waals surface area contributed by atoms with Crippen LogP contribution >= 0.6 is 0 Å². The van der Waals surface area contributed by atoms with E-state index in [9.17, 15) is 9.90 Å². The van der Waals surface area contributed by atoms with Crippen LogP contribution in [0.15, 0.2) is 24.3 Å². The van der Waals surface area contributed by atoms with Gasteiger partial charge in [0.2, 0.25) is 0 Å². The number of ether oxygens (including phenoxy) is 2. The van der Waals surface area contributed by atoms with Crippen molar-refractivity contribution in [1.82, 2.24) is 9.80 Å². The average Bonchev–Trinajstić information content (AvgIpc) is 3.16. The fourth-order valence-electron chi connectivity index (χ4n) is 5.43. The number of aliphatic hydroxyl groups is 1. The van der Waals surface area contributed by atoms with Gasteiger partial charge in [0.05, 0.1) is 18.8 Å². The largest absolute Gasteiger partial charge is 0.484 e. The summed E-state index contributed by atoms with van der Waals surface area (Å²) in [5, 5.41) is 9.74. The highest BCUT2D eigenvalue weighted by molar-refractivity contribution is 5.77. The molecule has 1 unspecified atom stereocenters. The lowest BCUT2D eigenvalue weighted by Crippen LogP contribution is -2.45. The Morgan fingerprint density at radius 3 is 2.55 bits per heavy atom. The van der Waals surface area contributed by atoms with E-state index in [0.29, 0.717) is 6.04 Å². The standard InChI is InChI=1S/C25H38N2O4/c1-19-3-9-22(10-4-19)30-17-24(29)27-13-11-25(12-14-27)15-23(31-18-25)16-26(2)20-5-7-21(28)8-6-20/h3-4,9-10,20-21,23,28H,5-8,11-18H2,1-2H3. The van der Waals surface area contributed by atoms with Crippen LogP contribution in [0.25, 0.3) is 0 Å². The van der Waals surface area contributed by atoms with Crippen molar-refractivity contribution in [2.24, 2.45) is 5.41 Å². The lowest BCUT2D eigenvalue weighted by molar-refractivity contribution is -0.135. The maximum absolute atomic E-state index is 12.6.